The molecule has 0 bridgehead atoms. The van der Waals surface area contributed by atoms with Crippen LogP contribution in [0.2, 0.25) is 5.02 Å². The minimum absolute atomic E-state index is 0.00778. The molecule has 0 aliphatic rings. The summed E-state index contributed by atoms with van der Waals surface area (Å²) in [5, 5.41) is 15.9. The van der Waals surface area contributed by atoms with Crippen LogP contribution >= 0.6 is 39.7 Å². The number of halogens is 2. The third kappa shape index (κ3) is 5.96. The van der Waals surface area contributed by atoms with Crippen LogP contribution < -0.4 is 15.4 Å². The summed E-state index contributed by atoms with van der Waals surface area (Å²) in [7, 11) is 0. The molecule has 2 N–H and O–H groups in total. The maximum Gasteiger partial charge on any atom is 0.289 e. The Kier molecular flexibility index (Phi) is 6.68. The van der Waals surface area contributed by atoms with Gasteiger partial charge in [0.2, 0.25) is 0 Å². The van der Waals surface area contributed by atoms with Crippen LogP contribution in [0.25, 0.3) is 0 Å². The molecule has 0 aliphatic carbocycles. The Hall–Kier alpha value is -2.23. The molecule has 0 atom stereocenters. The molecule has 7 nitrogen and oxygen atoms in total. The summed E-state index contributed by atoms with van der Waals surface area (Å²) >= 11 is 14.0. The van der Waals surface area contributed by atoms with Crippen molar-refractivity contribution in [1.82, 2.24) is 5.32 Å². The van der Waals surface area contributed by atoms with Crippen molar-refractivity contribution >= 4 is 62.1 Å². The molecule has 2 aromatic carbocycles. The van der Waals surface area contributed by atoms with Crippen LogP contribution in [0.4, 0.5) is 11.4 Å². The Balaban J connectivity index is 1.87. The van der Waals surface area contributed by atoms with Gasteiger partial charge in [0.05, 0.1) is 4.92 Å². The Bertz CT molecular complexity index is 817. The molecule has 0 radical (unpaired) electrons. The van der Waals surface area contributed by atoms with Gasteiger partial charge in [-0.05, 0) is 48.6 Å². The highest BCUT2D eigenvalue weighted by molar-refractivity contribution is 9.10. The molecule has 0 fully saturated rings. The first-order valence-corrected chi connectivity index (χ1v) is 8.36. The number of nitro groups is 1. The number of nitrogens with one attached hydrogen (secondary N) is 2. The van der Waals surface area contributed by atoms with Crippen LogP contribution in [-0.2, 0) is 4.79 Å². The van der Waals surface area contributed by atoms with Crippen LogP contribution in [0.3, 0.4) is 0 Å². The fourth-order valence-corrected chi connectivity index (χ4v) is 2.42. The van der Waals surface area contributed by atoms with Gasteiger partial charge in [-0.15, -0.1) is 0 Å². The Morgan fingerprint density at radius 3 is 2.60 bits per heavy atom. The van der Waals surface area contributed by atoms with Crippen molar-refractivity contribution in [1.29, 1.82) is 0 Å². The summed E-state index contributed by atoms with van der Waals surface area (Å²) in [6.07, 6.45) is 0. The number of ether oxygens (including phenoxy) is 1. The molecule has 0 spiro atoms. The molecule has 0 aromatic heterocycles. The first kappa shape index (κ1) is 19.1. The number of hydrogen-bond donors (Lipinski definition) is 2. The summed E-state index contributed by atoms with van der Waals surface area (Å²) in [5.41, 5.74) is 0.0644. The molecule has 2 aromatic rings. The minimum Gasteiger partial charge on any atom is -0.484 e. The van der Waals surface area contributed by atoms with Crippen LogP contribution in [-0.4, -0.2) is 22.5 Å². The first-order valence-electron chi connectivity index (χ1n) is 6.78. The van der Waals surface area contributed by atoms with Crippen molar-refractivity contribution in [3.8, 4) is 5.75 Å². The van der Waals surface area contributed by atoms with Gasteiger partial charge in [0, 0.05) is 16.2 Å². The van der Waals surface area contributed by atoms with Crippen LogP contribution in [0, 0.1) is 10.1 Å². The zero-order chi connectivity index (χ0) is 18.4. The number of thiocarbonyl (C=S) groups is 1. The van der Waals surface area contributed by atoms with Crippen molar-refractivity contribution in [2.75, 3.05) is 11.9 Å². The lowest BCUT2D eigenvalue weighted by molar-refractivity contribution is -0.384. The van der Waals surface area contributed by atoms with Gasteiger partial charge in [-0.25, -0.2) is 0 Å². The van der Waals surface area contributed by atoms with Crippen LogP contribution in [0.5, 0.6) is 5.75 Å². The number of amides is 1. The zero-order valence-corrected chi connectivity index (χ0v) is 15.7. The van der Waals surface area contributed by atoms with Crippen molar-refractivity contribution in [3.63, 3.8) is 0 Å². The number of carbonyl (C=O) groups is 1. The maximum absolute atomic E-state index is 11.8. The fraction of sp³-hybridized carbons (Fsp3) is 0.0667. The van der Waals surface area contributed by atoms with E-state index in [2.05, 4.69) is 26.6 Å². The van der Waals surface area contributed by atoms with Gasteiger partial charge < -0.3 is 10.1 Å². The second-order valence-corrected chi connectivity index (χ2v) is 6.40. The highest BCUT2D eigenvalue weighted by Gasteiger charge is 2.14. The van der Waals surface area contributed by atoms with Crippen molar-refractivity contribution < 1.29 is 14.5 Å². The lowest BCUT2D eigenvalue weighted by Gasteiger charge is -2.10. The monoisotopic (exact) mass is 443 g/mol. The number of rotatable bonds is 5. The molecule has 0 heterocycles. The van der Waals surface area contributed by atoms with E-state index in [0.29, 0.717) is 11.4 Å². The average Bonchev–Trinajstić information content (AvgIpc) is 2.55. The van der Waals surface area contributed by atoms with E-state index in [0.717, 1.165) is 4.47 Å². The highest BCUT2D eigenvalue weighted by atomic mass is 79.9. The lowest BCUT2D eigenvalue weighted by atomic mass is 10.3. The molecule has 1 amide bonds. The van der Waals surface area contributed by atoms with Gasteiger partial charge in [-0.2, -0.15) is 0 Å². The Morgan fingerprint density at radius 1 is 1.28 bits per heavy atom. The molecule has 0 aliphatic heterocycles. The fourth-order valence-electron chi connectivity index (χ4n) is 1.74. The number of anilines is 1. The Labute approximate surface area is 161 Å². The standard InChI is InChI=1S/C15H11BrClN3O4S/c16-9-1-4-11(5-2-9)24-8-14(21)19-15(25)18-10-3-6-12(17)13(7-10)20(22)23/h1-7H,8H2,(H2,18,19,21,25). The van der Waals surface area contributed by atoms with E-state index in [4.69, 9.17) is 28.6 Å². The van der Waals surface area contributed by atoms with Crippen molar-refractivity contribution in [2.24, 2.45) is 0 Å². The van der Waals surface area contributed by atoms with Crippen molar-refractivity contribution in [2.45, 2.75) is 0 Å². The number of hydrogen-bond acceptors (Lipinski definition) is 5. The molecule has 0 saturated carbocycles. The third-order valence-electron chi connectivity index (χ3n) is 2.84. The molecule has 25 heavy (non-hydrogen) atoms. The minimum atomic E-state index is -0.610. The molecule has 130 valence electrons. The van der Waals surface area contributed by atoms with Crippen molar-refractivity contribution in [3.05, 3.63) is 62.1 Å². The summed E-state index contributed by atoms with van der Waals surface area (Å²) in [6.45, 7) is -0.232. The van der Waals surface area contributed by atoms with Gasteiger partial charge in [0.25, 0.3) is 11.6 Å². The third-order valence-corrected chi connectivity index (χ3v) is 3.89. The van der Waals surface area contributed by atoms with E-state index in [-0.39, 0.29) is 22.4 Å². The second-order valence-electron chi connectivity index (χ2n) is 4.67. The topological polar surface area (TPSA) is 93.5 Å². The normalized spacial score (nSPS) is 10.0. The van der Waals surface area contributed by atoms with E-state index in [9.17, 15) is 14.9 Å². The van der Waals surface area contributed by atoms with E-state index < -0.39 is 10.8 Å². The predicted octanol–water partition coefficient (Wildman–Crippen LogP) is 3.90. The summed E-state index contributed by atoms with van der Waals surface area (Å²) in [6, 6.07) is 11.1. The van der Waals surface area contributed by atoms with Crippen LogP contribution in [0.15, 0.2) is 46.9 Å². The largest absolute Gasteiger partial charge is 0.484 e. The molecule has 0 saturated heterocycles. The summed E-state index contributed by atoms with van der Waals surface area (Å²) in [4.78, 5) is 22.1. The number of benzene rings is 2. The summed E-state index contributed by atoms with van der Waals surface area (Å²) in [5.74, 6) is 0.0643. The predicted molar refractivity (Wildman–Crippen MR) is 102 cm³/mol. The van der Waals surface area contributed by atoms with Crippen LogP contribution in [0.1, 0.15) is 0 Å². The number of nitro benzene ring substituents is 1. The van der Waals surface area contributed by atoms with Gasteiger partial charge in [-0.3, -0.25) is 20.2 Å². The lowest BCUT2D eigenvalue weighted by Crippen LogP contribution is -2.37. The zero-order valence-electron chi connectivity index (χ0n) is 12.5. The molecule has 2 rings (SSSR count). The van der Waals surface area contributed by atoms with Gasteiger partial charge in [0.15, 0.2) is 11.7 Å². The van der Waals surface area contributed by atoms with Gasteiger partial charge in [0.1, 0.15) is 10.8 Å². The maximum atomic E-state index is 11.8. The van der Waals surface area contributed by atoms with E-state index in [1.807, 2.05) is 0 Å². The average molecular weight is 445 g/mol. The highest BCUT2D eigenvalue weighted by Crippen LogP contribution is 2.27. The number of carbonyl (C=O) groups excluding carboxylic acids is 1. The quantitative estimate of drug-likeness (QED) is 0.413. The smallest absolute Gasteiger partial charge is 0.289 e. The Morgan fingerprint density at radius 2 is 1.96 bits per heavy atom. The molecular formula is C15H11BrClN3O4S. The molecule has 10 heteroatoms. The van der Waals surface area contributed by atoms with Gasteiger partial charge in [-0.1, -0.05) is 27.5 Å². The first-order chi connectivity index (χ1) is 11.8. The second kappa shape index (κ2) is 8.75. The van der Waals surface area contributed by atoms with Gasteiger partial charge >= 0.3 is 0 Å². The summed E-state index contributed by atoms with van der Waals surface area (Å²) < 4.78 is 6.21. The SMILES string of the molecule is O=C(COc1ccc(Br)cc1)NC(=S)Nc1ccc(Cl)c([N+](=O)[O-])c1. The number of nitrogens with zero attached hydrogens (tertiary/aromatic N) is 1. The van der Waals surface area contributed by atoms with E-state index in [1.165, 1.54) is 18.2 Å². The molecular weight excluding hydrogens is 434 g/mol. The van der Waals surface area contributed by atoms with E-state index in [1.54, 1.807) is 24.3 Å². The van der Waals surface area contributed by atoms with E-state index >= 15 is 0 Å². The molecule has 0 unspecified atom stereocenters.